The van der Waals surface area contributed by atoms with Gasteiger partial charge in [0.2, 0.25) is 5.91 Å². The van der Waals surface area contributed by atoms with Crippen LogP contribution in [0.25, 0.3) is 11.1 Å². The van der Waals surface area contributed by atoms with Crippen LogP contribution in [0.5, 0.6) is 5.75 Å². The molecular formula is C41H53FN4O4. The SMILES string of the molecule is COc1ccc(C23CCC(CN(C(=O)C4CCC(OC(=O)N5CC(C)C5)CC4)c4cccc(-c5cnn(C(C)C)c5)c4F)(CC2)CC3)cc1C. The number of aromatic nitrogens is 2. The van der Waals surface area contributed by atoms with Gasteiger partial charge in [-0.15, -0.1) is 0 Å². The van der Waals surface area contributed by atoms with Crippen molar-refractivity contribution >= 4 is 17.7 Å². The maximum absolute atomic E-state index is 16.8. The highest BCUT2D eigenvalue weighted by Gasteiger charge is 2.51. The predicted molar refractivity (Wildman–Crippen MR) is 193 cm³/mol. The lowest BCUT2D eigenvalue weighted by Gasteiger charge is -2.55. The number of benzene rings is 2. The fourth-order valence-electron chi connectivity index (χ4n) is 9.18. The zero-order valence-electron chi connectivity index (χ0n) is 30.4. The van der Waals surface area contributed by atoms with Crippen LogP contribution >= 0.6 is 0 Å². The number of rotatable bonds is 9. The first-order chi connectivity index (χ1) is 24.0. The summed E-state index contributed by atoms with van der Waals surface area (Å²) in [6.07, 6.45) is 11.9. The number of anilines is 1. The summed E-state index contributed by atoms with van der Waals surface area (Å²) in [5.41, 5.74) is 4.14. The Hall–Kier alpha value is -3.88. The van der Waals surface area contributed by atoms with Crippen molar-refractivity contribution in [2.45, 2.75) is 109 Å². The Morgan fingerprint density at radius 2 is 1.72 bits per heavy atom. The molecule has 2 bridgehead atoms. The highest BCUT2D eigenvalue weighted by molar-refractivity contribution is 5.96. The Bertz CT molecular complexity index is 1700. The van der Waals surface area contributed by atoms with E-state index in [0.717, 1.165) is 62.9 Å². The number of methoxy groups -OCH3 is 1. The quantitative estimate of drug-likeness (QED) is 0.225. The second-order valence-electron chi connectivity index (χ2n) is 16.2. The van der Waals surface area contributed by atoms with E-state index in [1.807, 2.05) is 30.8 Å². The molecule has 1 aromatic heterocycles. The zero-order valence-corrected chi connectivity index (χ0v) is 30.4. The van der Waals surface area contributed by atoms with Gasteiger partial charge >= 0.3 is 6.09 Å². The van der Waals surface area contributed by atoms with Crippen LogP contribution in [0.4, 0.5) is 14.9 Å². The number of ether oxygens (including phenoxy) is 2. The molecule has 0 spiro atoms. The van der Waals surface area contributed by atoms with Crippen molar-refractivity contribution < 1.29 is 23.5 Å². The number of fused-ring (bicyclic) bond motifs is 3. The molecule has 8 rings (SSSR count). The molecule has 0 atom stereocenters. The van der Waals surface area contributed by atoms with E-state index >= 15 is 4.39 Å². The third kappa shape index (κ3) is 6.53. The maximum Gasteiger partial charge on any atom is 0.410 e. The van der Waals surface area contributed by atoms with Crippen molar-refractivity contribution in [3.05, 3.63) is 65.7 Å². The van der Waals surface area contributed by atoms with Gasteiger partial charge in [0, 0.05) is 48.9 Å². The van der Waals surface area contributed by atoms with Gasteiger partial charge in [0.25, 0.3) is 0 Å². The summed E-state index contributed by atoms with van der Waals surface area (Å²) in [5.74, 6) is 0.803. The topological polar surface area (TPSA) is 76.9 Å². The molecule has 1 saturated heterocycles. The number of amides is 2. The van der Waals surface area contributed by atoms with Crippen LogP contribution in [0.15, 0.2) is 48.8 Å². The summed E-state index contributed by atoms with van der Waals surface area (Å²) in [6, 6.07) is 12.2. The summed E-state index contributed by atoms with van der Waals surface area (Å²) in [5, 5.41) is 4.46. The summed E-state index contributed by atoms with van der Waals surface area (Å²) in [7, 11) is 1.72. The highest BCUT2D eigenvalue weighted by atomic mass is 19.1. The molecule has 8 nitrogen and oxygen atoms in total. The minimum atomic E-state index is -0.373. The average molecular weight is 685 g/mol. The van der Waals surface area contributed by atoms with Crippen LogP contribution in [0.1, 0.15) is 102 Å². The number of hydrogen-bond donors (Lipinski definition) is 0. The Balaban J connectivity index is 1.12. The number of carbonyl (C=O) groups excluding carboxylic acids is 2. The van der Waals surface area contributed by atoms with Crippen molar-refractivity contribution in [1.82, 2.24) is 14.7 Å². The van der Waals surface area contributed by atoms with Crippen molar-refractivity contribution in [2.75, 3.05) is 31.6 Å². The number of halogens is 1. The monoisotopic (exact) mass is 684 g/mol. The molecule has 50 heavy (non-hydrogen) atoms. The molecule has 0 N–H and O–H groups in total. The first-order valence-electron chi connectivity index (χ1n) is 18.7. The van der Waals surface area contributed by atoms with Crippen molar-refractivity contribution in [3.63, 3.8) is 0 Å². The van der Waals surface area contributed by atoms with Gasteiger partial charge in [-0.3, -0.25) is 9.48 Å². The van der Waals surface area contributed by atoms with Gasteiger partial charge in [-0.2, -0.15) is 5.10 Å². The summed E-state index contributed by atoms with van der Waals surface area (Å²) in [4.78, 5) is 30.8. The highest BCUT2D eigenvalue weighted by Crippen LogP contribution is 2.58. The molecule has 268 valence electrons. The largest absolute Gasteiger partial charge is 0.496 e. The molecule has 4 saturated carbocycles. The molecule has 4 aliphatic carbocycles. The fraction of sp³-hybridized carbons (Fsp3) is 0.585. The Kier molecular flexibility index (Phi) is 9.46. The van der Waals surface area contributed by atoms with Crippen LogP contribution in [0.3, 0.4) is 0 Å². The molecule has 9 heteroatoms. The molecule has 5 fully saturated rings. The van der Waals surface area contributed by atoms with Gasteiger partial charge in [0.15, 0.2) is 5.82 Å². The third-order valence-corrected chi connectivity index (χ3v) is 12.5. The minimum absolute atomic E-state index is 0.0113. The van der Waals surface area contributed by atoms with E-state index in [9.17, 15) is 9.59 Å². The minimum Gasteiger partial charge on any atom is -0.496 e. The second kappa shape index (κ2) is 13.7. The number of hydrogen-bond acceptors (Lipinski definition) is 5. The fourth-order valence-corrected chi connectivity index (χ4v) is 9.18. The molecule has 3 aromatic rings. The normalized spacial score (nSPS) is 26.5. The Labute approximate surface area is 296 Å². The van der Waals surface area contributed by atoms with Crippen LogP contribution in [-0.4, -0.2) is 59.5 Å². The predicted octanol–water partition coefficient (Wildman–Crippen LogP) is 8.86. The molecule has 0 radical (unpaired) electrons. The number of nitrogens with zero attached hydrogens (tertiary/aromatic N) is 4. The van der Waals surface area contributed by atoms with E-state index < -0.39 is 0 Å². The van der Waals surface area contributed by atoms with Gasteiger partial charge < -0.3 is 19.3 Å². The van der Waals surface area contributed by atoms with Crippen molar-refractivity contribution in [2.24, 2.45) is 17.3 Å². The van der Waals surface area contributed by atoms with Gasteiger partial charge in [-0.25, -0.2) is 9.18 Å². The van der Waals surface area contributed by atoms with Gasteiger partial charge in [-0.05, 0) is 125 Å². The van der Waals surface area contributed by atoms with E-state index in [0.29, 0.717) is 55.0 Å². The van der Waals surface area contributed by atoms with E-state index in [1.165, 1.54) is 5.56 Å². The van der Waals surface area contributed by atoms with E-state index in [-0.39, 0.29) is 46.7 Å². The van der Waals surface area contributed by atoms with E-state index in [2.05, 4.69) is 37.1 Å². The van der Waals surface area contributed by atoms with Gasteiger partial charge in [0.1, 0.15) is 11.9 Å². The maximum atomic E-state index is 16.8. The summed E-state index contributed by atoms with van der Waals surface area (Å²) >= 11 is 0. The molecular weight excluding hydrogens is 631 g/mol. The van der Waals surface area contributed by atoms with E-state index in [4.69, 9.17) is 9.47 Å². The van der Waals surface area contributed by atoms with Crippen LogP contribution in [-0.2, 0) is 14.9 Å². The molecule has 2 aromatic carbocycles. The van der Waals surface area contributed by atoms with Crippen molar-refractivity contribution in [3.8, 4) is 16.9 Å². The first kappa shape index (κ1) is 34.6. The van der Waals surface area contributed by atoms with E-state index in [1.54, 1.807) is 35.2 Å². The molecule has 2 amide bonds. The number of aryl methyl sites for hydroxylation is 1. The standard InChI is InChI=1S/C41H53FN4O4/c1-27(2)46-25-31(22-43-46)34-7-6-8-35(37(34)42)45(38(47)30-9-12-33(13-10-30)50-39(48)44-23-28(3)24-44)26-40-15-18-41(19-16-40,20-17-40)32-11-14-36(49-5)29(4)21-32/h6-8,11,14,21-22,25,27-28,30,33H,9-10,12-13,15-20,23-24,26H2,1-5H3. The Morgan fingerprint density at radius 3 is 2.32 bits per heavy atom. The van der Waals surface area contributed by atoms with Crippen molar-refractivity contribution in [1.29, 1.82) is 0 Å². The van der Waals surface area contributed by atoms with Crippen LogP contribution in [0.2, 0.25) is 0 Å². The smallest absolute Gasteiger partial charge is 0.410 e. The first-order valence-corrected chi connectivity index (χ1v) is 18.7. The number of likely N-dealkylation sites (tertiary alicyclic amines) is 1. The average Bonchev–Trinajstić information content (AvgIpc) is 3.61. The lowest BCUT2D eigenvalue weighted by Crippen LogP contribution is -2.52. The third-order valence-electron chi connectivity index (χ3n) is 12.5. The molecule has 0 unspecified atom stereocenters. The van der Waals surface area contributed by atoms with Gasteiger partial charge in [0.05, 0.1) is 19.0 Å². The Morgan fingerprint density at radius 1 is 1.02 bits per heavy atom. The van der Waals surface area contributed by atoms with Crippen LogP contribution in [0, 0.1) is 30.0 Å². The summed E-state index contributed by atoms with van der Waals surface area (Å²) in [6.45, 7) is 10.3. The van der Waals surface area contributed by atoms with Crippen LogP contribution < -0.4 is 9.64 Å². The number of carbonyl (C=O) groups is 2. The zero-order chi connectivity index (χ0) is 35.2. The lowest BCUT2D eigenvalue weighted by atomic mass is 9.51. The lowest BCUT2D eigenvalue weighted by molar-refractivity contribution is -0.124. The molecule has 1 aliphatic heterocycles. The summed E-state index contributed by atoms with van der Waals surface area (Å²) < 4.78 is 30.0. The van der Waals surface area contributed by atoms with Gasteiger partial charge in [-0.1, -0.05) is 31.2 Å². The molecule has 5 aliphatic rings. The molecule has 2 heterocycles. The second-order valence-corrected chi connectivity index (χ2v) is 16.2.